The highest BCUT2D eigenvalue weighted by Crippen LogP contribution is 2.49. The molecule has 1 aliphatic heterocycles. The number of ether oxygens (including phenoxy) is 1. The van der Waals surface area contributed by atoms with Crippen LogP contribution in [0.5, 0.6) is 0 Å². The van der Waals surface area contributed by atoms with E-state index in [-0.39, 0.29) is 5.60 Å². The standard InChI is InChI=1S/C15H20NO2/c1-14(2)12-8-4-5-9-13(12)16(17)15(18-14)10-6-3-7-11-15/h4-5,8-9H,3,6-7,10-11H2,1-2H3. The topological polar surface area (TPSA) is 32.4 Å². The third kappa shape index (κ3) is 1.65. The van der Waals surface area contributed by atoms with Crippen molar-refractivity contribution in [2.24, 2.45) is 0 Å². The summed E-state index contributed by atoms with van der Waals surface area (Å²) in [4.78, 5) is 0. The lowest BCUT2D eigenvalue weighted by atomic mass is 9.85. The molecule has 1 saturated carbocycles. The predicted octanol–water partition coefficient (Wildman–Crippen LogP) is 3.76. The van der Waals surface area contributed by atoms with Crippen LogP contribution < -0.4 is 5.06 Å². The quantitative estimate of drug-likeness (QED) is 0.698. The number of hydrogen-bond acceptors (Lipinski definition) is 2. The molecule has 0 atom stereocenters. The van der Waals surface area contributed by atoms with E-state index >= 15 is 0 Å². The van der Waals surface area contributed by atoms with Gasteiger partial charge in [0, 0.05) is 5.56 Å². The minimum absolute atomic E-state index is 0.380. The number of hydroxylamine groups is 1. The zero-order valence-corrected chi connectivity index (χ0v) is 11.1. The van der Waals surface area contributed by atoms with Crippen molar-refractivity contribution in [3.8, 4) is 0 Å². The summed E-state index contributed by atoms with van der Waals surface area (Å²) >= 11 is 0. The zero-order valence-electron chi connectivity index (χ0n) is 11.1. The van der Waals surface area contributed by atoms with Gasteiger partial charge in [-0.15, -0.1) is 0 Å². The van der Waals surface area contributed by atoms with Gasteiger partial charge in [0.25, 0.3) is 0 Å². The maximum absolute atomic E-state index is 12.7. The minimum atomic E-state index is -0.629. The maximum Gasteiger partial charge on any atom is 0.169 e. The Kier molecular flexibility index (Phi) is 2.65. The number of nitrogens with zero attached hydrogens (tertiary/aromatic N) is 1. The average molecular weight is 246 g/mol. The van der Waals surface area contributed by atoms with Gasteiger partial charge in [0.1, 0.15) is 0 Å². The van der Waals surface area contributed by atoms with E-state index in [0.717, 1.165) is 42.0 Å². The first kappa shape index (κ1) is 12.0. The zero-order chi connectivity index (χ0) is 12.8. The van der Waals surface area contributed by atoms with Crippen LogP contribution in [-0.4, -0.2) is 5.72 Å². The molecular formula is C15H20NO2. The predicted molar refractivity (Wildman–Crippen MR) is 69.5 cm³/mol. The van der Waals surface area contributed by atoms with Crippen molar-refractivity contribution in [1.29, 1.82) is 0 Å². The first-order valence-electron chi connectivity index (χ1n) is 6.82. The van der Waals surface area contributed by atoms with E-state index in [0.29, 0.717) is 0 Å². The fourth-order valence-corrected chi connectivity index (χ4v) is 3.36. The fourth-order valence-electron chi connectivity index (χ4n) is 3.36. The van der Waals surface area contributed by atoms with Gasteiger partial charge >= 0.3 is 0 Å². The van der Waals surface area contributed by atoms with Gasteiger partial charge in [-0.05, 0) is 45.6 Å². The van der Waals surface area contributed by atoms with Crippen molar-refractivity contribution < 1.29 is 9.94 Å². The molecule has 1 heterocycles. The van der Waals surface area contributed by atoms with E-state index < -0.39 is 5.72 Å². The minimum Gasteiger partial charge on any atom is -0.343 e. The smallest absolute Gasteiger partial charge is 0.169 e. The molecule has 0 aromatic heterocycles. The summed E-state index contributed by atoms with van der Waals surface area (Å²) in [6.07, 6.45) is 5.05. The molecular weight excluding hydrogens is 226 g/mol. The Morgan fingerprint density at radius 3 is 2.50 bits per heavy atom. The Morgan fingerprint density at radius 2 is 1.78 bits per heavy atom. The van der Waals surface area contributed by atoms with Gasteiger partial charge in [0.15, 0.2) is 5.72 Å². The van der Waals surface area contributed by atoms with Crippen molar-refractivity contribution in [2.45, 2.75) is 57.3 Å². The summed E-state index contributed by atoms with van der Waals surface area (Å²) in [5.41, 5.74) is 0.775. The van der Waals surface area contributed by atoms with E-state index in [4.69, 9.17) is 4.74 Å². The number of anilines is 1. The molecule has 1 aromatic carbocycles. The van der Waals surface area contributed by atoms with Crippen LogP contribution in [0.3, 0.4) is 0 Å². The molecule has 3 rings (SSSR count). The first-order valence-corrected chi connectivity index (χ1v) is 6.82. The summed E-state index contributed by atoms with van der Waals surface area (Å²) in [5, 5.41) is 13.8. The Labute approximate surface area is 108 Å². The van der Waals surface area contributed by atoms with E-state index in [1.807, 2.05) is 24.3 Å². The lowest BCUT2D eigenvalue weighted by molar-refractivity contribution is -0.211. The summed E-state index contributed by atoms with van der Waals surface area (Å²) in [6.45, 7) is 4.13. The van der Waals surface area contributed by atoms with Crippen molar-refractivity contribution in [1.82, 2.24) is 0 Å². The number of hydrogen-bond donors (Lipinski definition) is 0. The molecule has 0 saturated heterocycles. The van der Waals surface area contributed by atoms with Gasteiger partial charge in [-0.2, -0.15) is 5.06 Å². The van der Waals surface area contributed by atoms with Crippen LogP contribution in [0.25, 0.3) is 0 Å². The van der Waals surface area contributed by atoms with Crippen LogP contribution in [0.4, 0.5) is 5.69 Å². The van der Waals surface area contributed by atoms with Crippen molar-refractivity contribution in [3.63, 3.8) is 0 Å². The fraction of sp³-hybridized carbons (Fsp3) is 0.600. The highest BCUT2D eigenvalue weighted by molar-refractivity contribution is 5.57. The van der Waals surface area contributed by atoms with Crippen molar-refractivity contribution >= 4 is 5.69 Å². The largest absolute Gasteiger partial charge is 0.343 e. The molecule has 18 heavy (non-hydrogen) atoms. The first-order chi connectivity index (χ1) is 8.55. The highest BCUT2D eigenvalue weighted by atomic mass is 16.6. The van der Waals surface area contributed by atoms with E-state index in [1.54, 1.807) is 0 Å². The molecule has 0 N–H and O–H groups in total. The van der Waals surface area contributed by atoms with Gasteiger partial charge in [-0.25, -0.2) is 0 Å². The van der Waals surface area contributed by atoms with E-state index in [1.165, 1.54) is 6.42 Å². The lowest BCUT2D eigenvalue weighted by Gasteiger charge is -2.51. The summed E-state index contributed by atoms with van der Waals surface area (Å²) < 4.78 is 6.25. The molecule has 3 nitrogen and oxygen atoms in total. The van der Waals surface area contributed by atoms with Gasteiger partial charge < -0.3 is 4.74 Å². The SMILES string of the molecule is CC1(C)OC2(CCCCC2)N([O])c2ccccc21. The van der Waals surface area contributed by atoms with Crippen LogP contribution in [-0.2, 0) is 15.5 Å². The molecule has 1 spiro atoms. The van der Waals surface area contributed by atoms with Gasteiger partial charge in [0.2, 0.25) is 0 Å². The molecule has 0 bridgehead atoms. The van der Waals surface area contributed by atoms with E-state index in [9.17, 15) is 5.21 Å². The van der Waals surface area contributed by atoms with Crippen LogP contribution in [0, 0.1) is 0 Å². The molecule has 1 radical (unpaired) electrons. The molecule has 2 aliphatic rings. The van der Waals surface area contributed by atoms with Crippen LogP contribution in [0.2, 0.25) is 0 Å². The number of benzene rings is 1. The van der Waals surface area contributed by atoms with Gasteiger partial charge in [0.05, 0.1) is 11.3 Å². The van der Waals surface area contributed by atoms with Gasteiger partial charge in [-0.3, -0.25) is 0 Å². The Hall–Kier alpha value is -1.06. The maximum atomic E-state index is 12.7. The molecule has 1 aliphatic carbocycles. The molecule has 0 unspecified atom stereocenters. The summed E-state index contributed by atoms with van der Waals surface area (Å²) in [6, 6.07) is 7.82. The second-order valence-corrected chi connectivity index (χ2v) is 5.93. The van der Waals surface area contributed by atoms with Crippen LogP contribution in [0.15, 0.2) is 24.3 Å². The Bertz CT molecular complexity index is 450. The number of para-hydroxylation sites is 1. The van der Waals surface area contributed by atoms with Crippen LogP contribution in [0.1, 0.15) is 51.5 Å². The Morgan fingerprint density at radius 1 is 1.11 bits per heavy atom. The molecule has 0 amide bonds. The Balaban J connectivity index is 2.08. The van der Waals surface area contributed by atoms with Crippen molar-refractivity contribution in [2.75, 3.05) is 5.06 Å². The molecule has 1 fully saturated rings. The summed E-state index contributed by atoms with van der Waals surface area (Å²) in [7, 11) is 0. The highest BCUT2D eigenvalue weighted by Gasteiger charge is 2.49. The third-order valence-corrected chi connectivity index (χ3v) is 4.22. The third-order valence-electron chi connectivity index (χ3n) is 4.22. The number of fused-ring (bicyclic) bond motifs is 1. The molecule has 3 heteroatoms. The van der Waals surface area contributed by atoms with E-state index in [2.05, 4.69) is 13.8 Å². The summed E-state index contributed by atoms with van der Waals surface area (Å²) in [5.74, 6) is 0. The lowest BCUT2D eigenvalue weighted by Crippen LogP contribution is -2.57. The monoisotopic (exact) mass is 246 g/mol. The second kappa shape index (κ2) is 3.97. The van der Waals surface area contributed by atoms with Crippen LogP contribution >= 0.6 is 0 Å². The second-order valence-electron chi connectivity index (χ2n) is 5.93. The van der Waals surface area contributed by atoms with Crippen molar-refractivity contribution in [3.05, 3.63) is 29.8 Å². The average Bonchev–Trinajstić information content (AvgIpc) is 2.37. The number of rotatable bonds is 0. The molecule has 97 valence electrons. The normalized spacial score (nSPS) is 24.9. The molecule has 1 aromatic rings. The van der Waals surface area contributed by atoms with Gasteiger partial charge in [-0.1, -0.05) is 29.8 Å².